The molecule has 4 aromatic rings. The molecule has 0 spiro atoms. The van der Waals surface area contributed by atoms with Gasteiger partial charge in [-0.25, -0.2) is 16.8 Å². The molecule has 2 N–H and O–H groups in total. The summed E-state index contributed by atoms with van der Waals surface area (Å²) >= 11 is 0. The number of benzene rings is 2. The maximum atomic E-state index is 13.2. The SMILES string of the molecule is COc1ccc(S(=O)(=O)N2CCC(Nc3ccc(S(C)(=O)=O)cc3-c3cn(C)c(=O)c4[nH]ccc34)CC2)cc1. The summed E-state index contributed by atoms with van der Waals surface area (Å²) in [5, 5.41) is 4.20. The van der Waals surface area contributed by atoms with Gasteiger partial charge in [0.15, 0.2) is 9.84 Å². The highest BCUT2D eigenvalue weighted by molar-refractivity contribution is 7.90. The standard InChI is InChI=1S/C27H30N4O6S2/c1-30-17-24(22-10-13-28-26(22)27(30)32)23-16-21(38(3,33)34)8-9-25(23)29-18-11-14-31(15-12-18)39(35,36)20-6-4-19(37-2)5-7-20/h4-10,13,16-18,28-29H,11-12,14-15H2,1-3H3. The van der Waals surface area contributed by atoms with E-state index in [-0.39, 0.29) is 21.4 Å². The van der Waals surface area contributed by atoms with E-state index in [1.54, 1.807) is 68.0 Å². The Labute approximate surface area is 227 Å². The number of sulfonamides is 1. The van der Waals surface area contributed by atoms with Crippen LogP contribution in [0.25, 0.3) is 22.0 Å². The lowest BCUT2D eigenvalue weighted by Gasteiger charge is -2.32. The molecule has 0 radical (unpaired) electrons. The molecule has 5 rings (SSSR count). The zero-order valence-corrected chi connectivity index (χ0v) is 23.5. The lowest BCUT2D eigenvalue weighted by Crippen LogP contribution is -2.42. The highest BCUT2D eigenvalue weighted by Gasteiger charge is 2.30. The summed E-state index contributed by atoms with van der Waals surface area (Å²) in [4.78, 5) is 16.0. The van der Waals surface area contributed by atoms with Gasteiger partial charge in [-0.1, -0.05) is 0 Å². The van der Waals surface area contributed by atoms with Gasteiger partial charge in [-0.05, 0) is 61.4 Å². The molecule has 3 heterocycles. The molecule has 1 saturated heterocycles. The molecule has 1 fully saturated rings. The third-order valence-corrected chi connectivity index (χ3v) is 10.1. The lowest BCUT2D eigenvalue weighted by atomic mass is 10.00. The molecule has 0 saturated carbocycles. The second-order valence-electron chi connectivity index (χ2n) is 9.70. The highest BCUT2D eigenvalue weighted by Crippen LogP contribution is 2.36. The first-order chi connectivity index (χ1) is 18.5. The average Bonchev–Trinajstić information content (AvgIpc) is 3.41. The average molecular weight is 571 g/mol. The predicted molar refractivity (Wildman–Crippen MR) is 150 cm³/mol. The molecule has 0 amide bonds. The molecular weight excluding hydrogens is 540 g/mol. The molecule has 0 bridgehead atoms. The molecule has 10 nitrogen and oxygen atoms in total. The predicted octanol–water partition coefficient (Wildman–Crippen LogP) is 3.21. The monoisotopic (exact) mass is 570 g/mol. The van der Waals surface area contributed by atoms with Crippen molar-refractivity contribution in [1.29, 1.82) is 0 Å². The van der Waals surface area contributed by atoms with Gasteiger partial charge >= 0.3 is 0 Å². The van der Waals surface area contributed by atoms with E-state index in [9.17, 15) is 21.6 Å². The van der Waals surface area contributed by atoms with E-state index < -0.39 is 19.9 Å². The summed E-state index contributed by atoms with van der Waals surface area (Å²) < 4.78 is 59.2. The molecule has 0 atom stereocenters. The van der Waals surface area contributed by atoms with Crippen LogP contribution in [0.5, 0.6) is 5.75 Å². The molecular formula is C27H30N4O6S2. The number of aromatic amines is 1. The molecule has 2 aromatic heterocycles. The largest absolute Gasteiger partial charge is 0.497 e. The van der Waals surface area contributed by atoms with Crippen molar-refractivity contribution in [3.63, 3.8) is 0 Å². The van der Waals surface area contributed by atoms with Gasteiger partial charge < -0.3 is 19.6 Å². The number of hydrogen-bond donors (Lipinski definition) is 2. The number of rotatable bonds is 7. The lowest BCUT2D eigenvalue weighted by molar-refractivity contribution is 0.329. The van der Waals surface area contributed by atoms with Gasteiger partial charge in [0, 0.05) is 67.0 Å². The number of piperidine rings is 1. The summed E-state index contributed by atoms with van der Waals surface area (Å²) in [7, 11) is -3.94. The van der Waals surface area contributed by atoms with Crippen LogP contribution in [0.2, 0.25) is 0 Å². The van der Waals surface area contributed by atoms with Crippen LogP contribution in [0, 0.1) is 0 Å². The van der Waals surface area contributed by atoms with Crippen LogP contribution in [0.15, 0.2) is 75.5 Å². The molecule has 0 aliphatic carbocycles. The Kier molecular flexibility index (Phi) is 7.04. The second-order valence-corrected chi connectivity index (χ2v) is 13.7. The minimum absolute atomic E-state index is 0.0376. The maximum absolute atomic E-state index is 13.2. The number of H-pyrrole nitrogens is 1. The van der Waals surface area contributed by atoms with Crippen LogP contribution in [0.4, 0.5) is 5.69 Å². The number of pyridine rings is 1. The van der Waals surface area contributed by atoms with Gasteiger partial charge in [0.2, 0.25) is 10.0 Å². The van der Waals surface area contributed by atoms with E-state index in [4.69, 9.17) is 4.74 Å². The molecule has 39 heavy (non-hydrogen) atoms. The fraction of sp³-hybridized carbons (Fsp3) is 0.296. The van der Waals surface area contributed by atoms with Crippen LogP contribution in [-0.4, -0.2) is 63.2 Å². The molecule has 206 valence electrons. The van der Waals surface area contributed by atoms with E-state index in [0.717, 1.165) is 6.26 Å². The Morgan fingerprint density at radius 2 is 1.62 bits per heavy atom. The molecule has 12 heteroatoms. The van der Waals surface area contributed by atoms with Crippen molar-refractivity contribution in [3.05, 3.63) is 71.3 Å². The van der Waals surface area contributed by atoms with Crippen LogP contribution >= 0.6 is 0 Å². The van der Waals surface area contributed by atoms with Crippen molar-refractivity contribution in [2.75, 3.05) is 31.8 Å². The number of nitrogens with one attached hydrogen (secondary N) is 2. The number of nitrogens with zero attached hydrogens (tertiary/aromatic N) is 2. The second kappa shape index (κ2) is 10.2. The smallest absolute Gasteiger partial charge is 0.274 e. The van der Waals surface area contributed by atoms with Gasteiger partial charge in [0.05, 0.1) is 16.9 Å². The van der Waals surface area contributed by atoms with Crippen molar-refractivity contribution in [1.82, 2.24) is 13.9 Å². The van der Waals surface area contributed by atoms with E-state index in [1.807, 2.05) is 0 Å². The third kappa shape index (κ3) is 5.19. The number of anilines is 1. The zero-order valence-electron chi connectivity index (χ0n) is 21.8. The Bertz CT molecular complexity index is 1800. The normalized spacial score (nSPS) is 15.5. The van der Waals surface area contributed by atoms with Gasteiger partial charge in [-0.2, -0.15) is 4.31 Å². The van der Waals surface area contributed by atoms with Crippen molar-refractivity contribution in [2.45, 2.75) is 28.7 Å². The van der Waals surface area contributed by atoms with E-state index in [2.05, 4.69) is 10.3 Å². The van der Waals surface area contributed by atoms with E-state index >= 15 is 0 Å². The van der Waals surface area contributed by atoms with Gasteiger partial charge in [-0.15, -0.1) is 0 Å². The van der Waals surface area contributed by atoms with Gasteiger partial charge in [0.25, 0.3) is 5.56 Å². The summed E-state index contributed by atoms with van der Waals surface area (Å²) in [6.07, 6.45) is 5.67. The fourth-order valence-electron chi connectivity index (χ4n) is 4.94. The number of ether oxygens (including phenoxy) is 1. The molecule has 2 aromatic carbocycles. The molecule has 0 unspecified atom stereocenters. The first-order valence-electron chi connectivity index (χ1n) is 12.4. The van der Waals surface area contributed by atoms with Crippen LogP contribution < -0.4 is 15.6 Å². The number of aromatic nitrogens is 2. The first kappa shape index (κ1) is 27.0. The topological polar surface area (TPSA) is 131 Å². The Morgan fingerprint density at radius 3 is 2.26 bits per heavy atom. The van der Waals surface area contributed by atoms with Crippen LogP contribution in [0.1, 0.15) is 12.8 Å². The van der Waals surface area contributed by atoms with Crippen molar-refractivity contribution in [3.8, 4) is 16.9 Å². The van der Waals surface area contributed by atoms with E-state index in [0.29, 0.717) is 59.4 Å². The zero-order chi connectivity index (χ0) is 27.9. The summed E-state index contributed by atoms with van der Waals surface area (Å²) in [6.45, 7) is 0.676. The molecule has 1 aliphatic rings. The van der Waals surface area contributed by atoms with Crippen molar-refractivity contribution >= 4 is 36.5 Å². The fourth-order valence-corrected chi connectivity index (χ4v) is 7.06. The van der Waals surface area contributed by atoms with Crippen molar-refractivity contribution < 1.29 is 21.6 Å². The number of methoxy groups -OCH3 is 1. The third-order valence-electron chi connectivity index (χ3n) is 7.11. The maximum Gasteiger partial charge on any atom is 0.274 e. The summed E-state index contributed by atoms with van der Waals surface area (Å²) in [5.41, 5.74) is 2.31. The summed E-state index contributed by atoms with van der Waals surface area (Å²) in [6, 6.07) is 13.0. The van der Waals surface area contributed by atoms with Crippen molar-refractivity contribution in [2.24, 2.45) is 7.05 Å². The first-order valence-corrected chi connectivity index (χ1v) is 15.7. The number of aryl methyl sites for hydroxylation is 1. The minimum Gasteiger partial charge on any atom is -0.497 e. The minimum atomic E-state index is -3.64. The Hall–Kier alpha value is -3.61. The molecule has 1 aliphatic heterocycles. The quantitative estimate of drug-likeness (QED) is 0.349. The Morgan fingerprint density at radius 1 is 0.949 bits per heavy atom. The number of sulfone groups is 1. The van der Waals surface area contributed by atoms with Gasteiger partial charge in [0.1, 0.15) is 11.3 Å². The Balaban J connectivity index is 1.43. The summed E-state index contributed by atoms with van der Waals surface area (Å²) in [5.74, 6) is 0.588. The number of fused-ring (bicyclic) bond motifs is 1. The van der Waals surface area contributed by atoms with E-state index in [1.165, 1.54) is 16.0 Å². The number of hydrogen-bond acceptors (Lipinski definition) is 7. The van der Waals surface area contributed by atoms with Crippen LogP contribution in [-0.2, 0) is 26.9 Å². The van der Waals surface area contributed by atoms with Gasteiger partial charge in [-0.3, -0.25) is 4.79 Å². The highest BCUT2D eigenvalue weighted by atomic mass is 32.2. The van der Waals surface area contributed by atoms with Crippen LogP contribution in [0.3, 0.4) is 0 Å².